The lowest BCUT2D eigenvalue weighted by Gasteiger charge is -2.34. The van der Waals surface area contributed by atoms with Crippen LogP contribution in [0.5, 0.6) is 5.75 Å². The maximum absolute atomic E-state index is 11.9. The number of amides is 1. The highest BCUT2D eigenvalue weighted by Gasteiger charge is 2.44. The number of benzene rings is 1. The first-order valence-corrected chi connectivity index (χ1v) is 11.4. The molecule has 1 aromatic carbocycles. The summed E-state index contributed by atoms with van der Waals surface area (Å²) in [5.74, 6) is 0.269. The average molecular weight is 444 g/mol. The molecule has 2 aliphatic rings. The summed E-state index contributed by atoms with van der Waals surface area (Å²) in [6.45, 7) is 1.71. The zero-order valence-corrected chi connectivity index (χ0v) is 17.7. The second kappa shape index (κ2) is 9.48. The number of aliphatic hydroxyl groups is 1. The van der Waals surface area contributed by atoms with Gasteiger partial charge in [-0.15, -0.1) is 0 Å². The summed E-state index contributed by atoms with van der Waals surface area (Å²) in [7, 11) is -2.30. The fourth-order valence-corrected chi connectivity index (χ4v) is 4.72. The van der Waals surface area contributed by atoms with Gasteiger partial charge < -0.3 is 29.9 Å². The lowest BCUT2D eigenvalue weighted by atomic mass is 9.88. The van der Waals surface area contributed by atoms with Crippen LogP contribution in [0.1, 0.15) is 19.3 Å². The molecule has 168 valence electrons. The first-order valence-electron chi connectivity index (χ1n) is 9.93. The number of nitrogens with zero attached hydrogens (tertiary/aromatic N) is 1. The molecule has 1 aromatic rings. The number of aliphatic hydroxyl groups excluding tert-OH is 1. The van der Waals surface area contributed by atoms with Gasteiger partial charge in [-0.1, -0.05) is 6.07 Å². The normalized spacial score (nSPS) is 22.0. The van der Waals surface area contributed by atoms with E-state index in [0.29, 0.717) is 13.0 Å². The van der Waals surface area contributed by atoms with Crippen LogP contribution in [0.4, 0.5) is 4.79 Å². The number of rotatable bonds is 8. The predicted molar refractivity (Wildman–Crippen MR) is 108 cm³/mol. The lowest BCUT2D eigenvalue weighted by molar-refractivity contribution is -0.0205. The van der Waals surface area contributed by atoms with Crippen molar-refractivity contribution < 1.29 is 32.9 Å². The molecule has 0 saturated carbocycles. The smallest absolute Gasteiger partial charge is 0.407 e. The number of nitrogens with one attached hydrogen (secondary N) is 2. The van der Waals surface area contributed by atoms with Gasteiger partial charge in [0.2, 0.25) is 10.0 Å². The van der Waals surface area contributed by atoms with Crippen molar-refractivity contribution in [3.05, 3.63) is 24.3 Å². The Morgan fingerprint density at radius 2 is 2.17 bits per heavy atom. The largest absolute Gasteiger partial charge is 0.491 e. The Morgan fingerprint density at radius 1 is 1.43 bits per heavy atom. The lowest BCUT2D eigenvalue weighted by Crippen LogP contribution is -2.47. The van der Waals surface area contributed by atoms with Gasteiger partial charge in [-0.05, 0) is 51.5 Å². The highest BCUT2D eigenvalue weighted by molar-refractivity contribution is 7.89. The number of hydrogen-bond donors (Lipinski definition) is 4. The number of hydrogen-bond acceptors (Lipinski definition) is 7. The fourth-order valence-electron chi connectivity index (χ4n) is 3.96. The van der Waals surface area contributed by atoms with Crippen LogP contribution in [0.15, 0.2) is 29.2 Å². The van der Waals surface area contributed by atoms with E-state index in [0.717, 1.165) is 25.9 Å². The van der Waals surface area contributed by atoms with E-state index in [2.05, 4.69) is 10.0 Å². The molecule has 2 atom stereocenters. The van der Waals surface area contributed by atoms with Crippen LogP contribution in [0.3, 0.4) is 0 Å². The maximum atomic E-state index is 11.9. The van der Waals surface area contributed by atoms with Crippen LogP contribution in [0.25, 0.3) is 0 Å². The SMILES string of the molecule is CNS(=O)(=O)c1cccc(OCC(O)CN(C(=O)O)C2COC3(CCNCC3)C2)c1. The van der Waals surface area contributed by atoms with E-state index in [9.17, 15) is 23.4 Å². The van der Waals surface area contributed by atoms with Gasteiger partial charge in [-0.3, -0.25) is 0 Å². The topological polar surface area (TPSA) is 137 Å². The molecule has 11 heteroatoms. The third-order valence-electron chi connectivity index (χ3n) is 5.63. The molecule has 10 nitrogen and oxygen atoms in total. The molecule has 4 N–H and O–H groups in total. The van der Waals surface area contributed by atoms with Gasteiger partial charge in [0.05, 0.1) is 29.7 Å². The van der Waals surface area contributed by atoms with Gasteiger partial charge in [-0.2, -0.15) is 0 Å². The van der Waals surface area contributed by atoms with E-state index >= 15 is 0 Å². The van der Waals surface area contributed by atoms with Crippen molar-refractivity contribution in [2.75, 3.05) is 39.9 Å². The molecular formula is C19H29N3O7S. The molecule has 3 rings (SSSR count). The highest BCUT2D eigenvalue weighted by atomic mass is 32.2. The summed E-state index contributed by atoms with van der Waals surface area (Å²) in [4.78, 5) is 13.0. The first-order chi connectivity index (χ1) is 14.2. The van der Waals surface area contributed by atoms with Gasteiger partial charge >= 0.3 is 6.09 Å². The molecule has 0 bridgehead atoms. The summed E-state index contributed by atoms with van der Waals surface area (Å²) in [5.41, 5.74) is -0.287. The summed E-state index contributed by atoms with van der Waals surface area (Å²) < 4.78 is 37.5. The van der Waals surface area contributed by atoms with Crippen molar-refractivity contribution in [2.45, 2.75) is 41.9 Å². The fraction of sp³-hybridized carbons (Fsp3) is 0.632. The molecule has 2 heterocycles. The van der Waals surface area contributed by atoms with E-state index < -0.39 is 22.2 Å². The Hall–Kier alpha value is -1.92. The van der Waals surface area contributed by atoms with Crippen LogP contribution < -0.4 is 14.8 Å². The number of piperidine rings is 1. The zero-order valence-electron chi connectivity index (χ0n) is 16.9. The highest BCUT2D eigenvalue weighted by Crippen LogP contribution is 2.36. The summed E-state index contributed by atoms with van der Waals surface area (Å²) in [5, 5.41) is 23.3. The Kier molecular flexibility index (Phi) is 7.19. The molecule has 1 amide bonds. The van der Waals surface area contributed by atoms with E-state index in [1.807, 2.05) is 0 Å². The second-order valence-electron chi connectivity index (χ2n) is 7.68. The third-order valence-corrected chi connectivity index (χ3v) is 7.04. The summed E-state index contributed by atoms with van der Waals surface area (Å²) >= 11 is 0. The van der Waals surface area contributed by atoms with Crippen molar-refractivity contribution in [3.63, 3.8) is 0 Å². The van der Waals surface area contributed by atoms with E-state index in [-0.39, 0.29) is 35.4 Å². The standard InChI is InChI=1S/C19H29N3O7S/c1-20-30(26,27)17-4-2-3-16(9-17)28-13-15(23)11-22(18(24)25)14-10-19(29-12-14)5-7-21-8-6-19/h2-4,9,14-15,20-21,23H,5-8,10-13H2,1H3,(H,24,25). The number of carboxylic acid groups (broad SMARTS) is 1. The third kappa shape index (κ3) is 5.41. The van der Waals surface area contributed by atoms with E-state index in [4.69, 9.17) is 9.47 Å². The summed E-state index contributed by atoms with van der Waals surface area (Å²) in [6, 6.07) is 5.56. The van der Waals surface area contributed by atoms with Crippen LogP contribution >= 0.6 is 0 Å². The molecule has 0 aromatic heterocycles. The average Bonchev–Trinajstić information content (AvgIpc) is 3.13. The molecule has 1 spiro atoms. The van der Waals surface area contributed by atoms with Crippen LogP contribution in [0.2, 0.25) is 0 Å². The Balaban J connectivity index is 1.57. The van der Waals surface area contributed by atoms with Crippen molar-refractivity contribution in [3.8, 4) is 5.75 Å². The first kappa shape index (κ1) is 22.8. The Bertz CT molecular complexity index is 842. The van der Waals surface area contributed by atoms with Crippen LogP contribution in [-0.2, 0) is 14.8 Å². The Morgan fingerprint density at radius 3 is 2.83 bits per heavy atom. The molecule has 2 saturated heterocycles. The van der Waals surface area contributed by atoms with Crippen LogP contribution in [-0.4, -0.2) is 87.3 Å². The number of ether oxygens (including phenoxy) is 2. The molecule has 2 fully saturated rings. The van der Waals surface area contributed by atoms with Gasteiger partial charge in [0.15, 0.2) is 0 Å². The molecule has 0 radical (unpaired) electrons. The second-order valence-corrected chi connectivity index (χ2v) is 9.57. The predicted octanol–water partition coefficient (Wildman–Crippen LogP) is 0.226. The molecule has 2 unspecified atom stereocenters. The quantitative estimate of drug-likeness (QED) is 0.448. The number of sulfonamides is 1. The maximum Gasteiger partial charge on any atom is 0.407 e. The van der Waals surface area contributed by atoms with Gasteiger partial charge in [0, 0.05) is 6.07 Å². The summed E-state index contributed by atoms with van der Waals surface area (Å²) in [6.07, 6.45) is 0.104. The number of carbonyl (C=O) groups is 1. The van der Waals surface area contributed by atoms with Crippen molar-refractivity contribution in [1.29, 1.82) is 0 Å². The van der Waals surface area contributed by atoms with E-state index in [1.165, 1.54) is 30.1 Å². The van der Waals surface area contributed by atoms with Crippen molar-refractivity contribution in [2.24, 2.45) is 0 Å². The van der Waals surface area contributed by atoms with E-state index in [1.54, 1.807) is 6.07 Å². The van der Waals surface area contributed by atoms with Crippen molar-refractivity contribution >= 4 is 16.1 Å². The minimum Gasteiger partial charge on any atom is -0.491 e. The van der Waals surface area contributed by atoms with Gasteiger partial charge in [0.25, 0.3) is 0 Å². The minimum atomic E-state index is -3.61. The monoisotopic (exact) mass is 443 g/mol. The molecule has 2 aliphatic heterocycles. The molecule has 0 aliphatic carbocycles. The van der Waals surface area contributed by atoms with Gasteiger partial charge in [-0.25, -0.2) is 17.9 Å². The van der Waals surface area contributed by atoms with Crippen molar-refractivity contribution in [1.82, 2.24) is 14.9 Å². The molecule has 30 heavy (non-hydrogen) atoms. The van der Waals surface area contributed by atoms with Crippen LogP contribution in [0, 0.1) is 0 Å². The minimum absolute atomic E-state index is 0.0412. The Labute approximate surface area is 176 Å². The van der Waals surface area contributed by atoms with Gasteiger partial charge in [0.1, 0.15) is 18.5 Å². The molecular weight excluding hydrogens is 414 g/mol. The zero-order chi connectivity index (χ0) is 21.8.